The zero-order chi connectivity index (χ0) is 14.5. The Bertz CT molecular complexity index is 597. The molecule has 2 aromatic rings. The van der Waals surface area contributed by atoms with Crippen LogP contribution in [-0.2, 0) is 0 Å². The first kappa shape index (κ1) is 13.8. The van der Waals surface area contributed by atoms with Crippen molar-refractivity contribution in [2.75, 3.05) is 25.1 Å². The van der Waals surface area contributed by atoms with E-state index in [1.807, 2.05) is 25.1 Å². The van der Waals surface area contributed by atoms with Crippen molar-refractivity contribution in [1.82, 2.24) is 0 Å². The number of hydrogen-bond acceptors (Lipinski definition) is 3. The number of para-hydroxylation sites is 1. The Hall–Kier alpha value is -2.16. The number of anilines is 1. The van der Waals surface area contributed by atoms with Crippen LogP contribution in [0.2, 0.25) is 0 Å². The molecule has 0 spiro atoms. The van der Waals surface area contributed by atoms with Gasteiger partial charge in [0.1, 0.15) is 11.5 Å². The van der Waals surface area contributed by atoms with Gasteiger partial charge in [-0.25, -0.2) is 0 Å². The zero-order valence-corrected chi connectivity index (χ0v) is 12.3. The van der Waals surface area contributed by atoms with Crippen LogP contribution in [0.5, 0.6) is 11.5 Å². The van der Waals surface area contributed by atoms with Crippen molar-refractivity contribution >= 4 is 5.69 Å². The predicted octanol–water partition coefficient (Wildman–Crippen LogP) is 4.06. The van der Waals surface area contributed by atoms with Crippen LogP contribution in [-0.4, -0.2) is 19.8 Å². The maximum absolute atomic E-state index is 5.71. The molecule has 1 aliphatic rings. The first-order valence-electron chi connectivity index (χ1n) is 7.55. The highest BCUT2D eigenvalue weighted by atomic mass is 16.5. The molecule has 0 bridgehead atoms. The van der Waals surface area contributed by atoms with Gasteiger partial charge in [0.05, 0.1) is 13.2 Å². The van der Waals surface area contributed by atoms with Crippen molar-refractivity contribution in [1.29, 1.82) is 0 Å². The summed E-state index contributed by atoms with van der Waals surface area (Å²) in [4.78, 5) is 0. The second-order valence-electron chi connectivity index (χ2n) is 5.21. The van der Waals surface area contributed by atoms with Gasteiger partial charge >= 0.3 is 0 Å². The first-order chi connectivity index (χ1) is 10.4. The highest BCUT2D eigenvalue weighted by molar-refractivity contribution is 5.49. The molecule has 3 rings (SSSR count). The summed E-state index contributed by atoms with van der Waals surface area (Å²) in [5.41, 5.74) is 2.40. The third-order valence-corrected chi connectivity index (χ3v) is 3.78. The predicted molar refractivity (Wildman–Crippen MR) is 85.4 cm³/mol. The van der Waals surface area contributed by atoms with Crippen LogP contribution in [0.4, 0.5) is 5.69 Å². The van der Waals surface area contributed by atoms with Gasteiger partial charge in [-0.3, -0.25) is 0 Å². The Kier molecular flexibility index (Phi) is 4.29. The Morgan fingerprint density at radius 2 is 2.10 bits per heavy atom. The van der Waals surface area contributed by atoms with Gasteiger partial charge in [0.15, 0.2) is 0 Å². The van der Waals surface area contributed by atoms with Crippen LogP contribution in [0.25, 0.3) is 0 Å². The summed E-state index contributed by atoms with van der Waals surface area (Å²) in [6.07, 6.45) is 1.05. The molecule has 0 aromatic heterocycles. The molecule has 0 radical (unpaired) electrons. The molecule has 1 unspecified atom stereocenters. The minimum absolute atomic E-state index is 0.491. The van der Waals surface area contributed by atoms with E-state index in [1.54, 1.807) is 0 Å². The van der Waals surface area contributed by atoms with E-state index in [0.717, 1.165) is 36.8 Å². The number of rotatable bonds is 5. The standard InChI is InChI=1S/C18H21NO2/c1-2-20-16-7-5-6-15(12-16)19-13-14-10-11-21-18-9-4-3-8-17(14)18/h3-9,12,14,19H,2,10-11,13H2,1H3. The number of hydrogen-bond donors (Lipinski definition) is 1. The van der Waals surface area contributed by atoms with Crippen molar-refractivity contribution < 1.29 is 9.47 Å². The van der Waals surface area contributed by atoms with Gasteiger partial charge in [-0.15, -0.1) is 0 Å². The molecule has 0 saturated carbocycles. The molecular formula is C18H21NO2. The second kappa shape index (κ2) is 6.53. The Balaban J connectivity index is 1.67. The lowest BCUT2D eigenvalue weighted by Gasteiger charge is -2.26. The van der Waals surface area contributed by atoms with E-state index in [1.165, 1.54) is 5.56 Å². The molecule has 21 heavy (non-hydrogen) atoms. The van der Waals surface area contributed by atoms with Crippen LogP contribution in [0.1, 0.15) is 24.8 Å². The third-order valence-electron chi connectivity index (χ3n) is 3.78. The Morgan fingerprint density at radius 1 is 1.19 bits per heavy atom. The van der Waals surface area contributed by atoms with Gasteiger partial charge in [-0.1, -0.05) is 24.3 Å². The van der Waals surface area contributed by atoms with Crippen molar-refractivity contribution in [2.24, 2.45) is 0 Å². The van der Waals surface area contributed by atoms with E-state index in [4.69, 9.17) is 9.47 Å². The molecule has 0 amide bonds. The topological polar surface area (TPSA) is 30.5 Å². The molecule has 0 fully saturated rings. The number of fused-ring (bicyclic) bond motifs is 1. The van der Waals surface area contributed by atoms with Crippen LogP contribution in [0.15, 0.2) is 48.5 Å². The number of ether oxygens (including phenoxy) is 2. The number of benzene rings is 2. The van der Waals surface area contributed by atoms with Crippen LogP contribution in [0.3, 0.4) is 0 Å². The lowest BCUT2D eigenvalue weighted by molar-refractivity contribution is 0.270. The van der Waals surface area contributed by atoms with Gasteiger partial charge in [-0.2, -0.15) is 0 Å². The first-order valence-corrected chi connectivity index (χ1v) is 7.55. The molecule has 1 atom stereocenters. The largest absolute Gasteiger partial charge is 0.494 e. The summed E-state index contributed by atoms with van der Waals surface area (Å²) in [5.74, 6) is 2.43. The fourth-order valence-electron chi connectivity index (χ4n) is 2.73. The average Bonchev–Trinajstić information content (AvgIpc) is 2.53. The zero-order valence-electron chi connectivity index (χ0n) is 12.3. The van der Waals surface area contributed by atoms with E-state index in [-0.39, 0.29) is 0 Å². The fraction of sp³-hybridized carbons (Fsp3) is 0.333. The van der Waals surface area contributed by atoms with Crippen LogP contribution >= 0.6 is 0 Å². The van der Waals surface area contributed by atoms with Gasteiger partial charge in [-0.05, 0) is 37.1 Å². The lowest BCUT2D eigenvalue weighted by Crippen LogP contribution is -2.20. The summed E-state index contributed by atoms with van der Waals surface area (Å²) in [5, 5.41) is 3.52. The second-order valence-corrected chi connectivity index (χ2v) is 5.21. The molecule has 3 nitrogen and oxygen atoms in total. The maximum Gasteiger partial charge on any atom is 0.122 e. The molecule has 110 valence electrons. The van der Waals surface area contributed by atoms with Crippen molar-refractivity contribution in [3.8, 4) is 11.5 Å². The highest BCUT2D eigenvalue weighted by Crippen LogP contribution is 2.33. The van der Waals surface area contributed by atoms with E-state index in [0.29, 0.717) is 12.5 Å². The molecule has 0 aliphatic carbocycles. The quantitative estimate of drug-likeness (QED) is 0.897. The van der Waals surface area contributed by atoms with Crippen LogP contribution in [0, 0.1) is 0 Å². The smallest absolute Gasteiger partial charge is 0.122 e. The molecule has 1 heterocycles. The summed E-state index contributed by atoms with van der Waals surface area (Å²) in [6, 6.07) is 16.5. The van der Waals surface area contributed by atoms with Crippen molar-refractivity contribution in [3.63, 3.8) is 0 Å². The molecule has 1 N–H and O–H groups in total. The van der Waals surface area contributed by atoms with Crippen molar-refractivity contribution in [2.45, 2.75) is 19.3 Å². The van der Waals surface area contributed by atoms with E-state index < -0.39 is 0 Å². The minimum atomic E-state index is 0.491. The maximum atomic E-state index is 5.71. The van der Waals surface area contributed by atoms with Gasteiger partial charge < -0.3 is 14.8 Å². The molecule has 2 aromatic carbocycles. The minimum Gasteiger partial charge on any atom is -0.494 e. The summed E-state index contributed by atoms with van der Waals surface area (Å²) >= 11 is 0. The lowest BCUT2D eigenvalue weighted by atomic mass is 9.93. The fourth-order valence-corrected chi connectivity index (χ4v) is 2.73. The molecule has 0 saturated heterocycles. The highest BCUT2D eigenvalue weighted by Gasteiger charge is 2.20. The SMILES string of the molecule is CCOc1cccc(NCC2CCOc3ccccc32)c1. The van der Waals surface area contributed by atoms with E-state index in [9.17, 15) is 0 Å². The average molecular weight is 283 g/mol. The van der Waals surface area contributed by atoms with E-state index in [2.05, 4.69) is 35.6 Å². The molecule has 3 heteroatoms. The Labute approximate surface area is 125 Å². The molecule has 1 aliphatic heterocycles. The summed E-state index contributed by atoms with van der Waals surface area (Å²) < 4.78 is 11.2. The van der Waals surface area contributed by atoms with Gasteiger partial charge in [0, 0.05) is 24.2 Å². The summed E-state index contributed by atoms with van der Waals surface area (Å²) in [7, 11) is 0. The third kappa shape index (κ3) is 3.30. The number of nitrogens with one attached hydrogen (secondary N) is 1. The van der Waals surface area contributed by atoms with Crippen molar-refractivity contribution in [3.05, 3.63) is 54.1 Å². The summed E-state index contributed by atoms with van der Waals surface area (Å²) in [6.45, 7) is 4.40. The van der Waals surface area contributed by atoms with Gasteiger partial charge in [0.2, 0.25) is 0 Å². The van der Waals surface area contributed by atoms with Gasteiger partial charge in [0.25, 0.3) is 0 Å². The molecular weight excluding hydrogens is 262 g/mol. The monoisotopic (exact) mass is 283 g/mol. The van der Waals surface area contributed by atoms with E-state index >= 15 is 0 Å². The normalized spacial score (nSPS) is 16.7. The Morgan fingerprint density at radius 3 is 3.00 bits per heavy atom. The van der Waals surface area contributed by atoms with Crippen LogP contribution < -0.4 is 14.8 Å².